The Kier molecular flexibility index (Phi) is 4.88. The van der Waals surface area contributed by atoms with Crippen molar-refractivity contribution in [1.82, 2.24) is 0 Å². The molecule has 1 amide bonds. The minimum absolute atomic E-state index is 0.000230. The van der Waals surface area contributed by atoms with E-state index < -0.39 is 9.84 Å². The molecule has 1 N–H and O–H groups in total. The summed E-state index contributed by atoms with van der Waals surface area (Å²) in [5, 5.41) is 2.54. The van der Waals surface area contributed by atoms with Gasteiger partial charge in [-0.1, -0.05) is 12.1 Å². The fraction of sp³-hybridized carbons (Fsp3) is 0.533. The lowest BCUT2D eigenvalue weighted by atomic mass is 10.2. The summed E-state index contributed by atoms with van der Waals surface area (Å²) in [4.78, 5) is 13.8. The van der Waals surface area contributed by atoms with Crippen LogP contribution in [0.1, 0.15) is 26.7 Å². The number of carbonyl (C=O) groups excluding carboxylic acids is 1. The van der Waals surface area contributed by atoms with Gasteiger partial charge in [-0.25, -0.2) is 8.42 Å². The molecular formula is C15H22N2O3S. The Hall–Kier alpha value is -1.56. The first-order chi connectivity index (χ1) is 9.90. The second kappa shape index (κ2) is 6.47. The molecule has 2 rings (SSSR count). The first kappa shape index (κ1) is 15.8. The lowest BCUT2D eigenvalue weighted by Gasteiger charge is -2.24. The van der Waals surface area contributed by atoms with Crippen molar-refractivity contribution < 1.29 is 13.2 Å². The van der Waals surface area contributed by atoms with Crippen LogP contribution in [0.15, 0.2) is 24.3 Å². The zero-order chi connectivity index (χ0) is 15.5. The van der Waals surface area contributed by atoms with Gasteiger partial charge >= 0.3 is 0 Å². The van der Waals surface area contributed by atoms with Crippen molar-refractivity contribution in [3.05, 3.63) is 24.3 Å². The van der Waals surface area contributed by atoms with E-state index in [1.165, 1.54) is 0 Å². The maximum atomic E-state index is 11.9. The summed E-state index contributed by atoms with van der Waals surface area (Å²) in [5.41, 5.74) is 1.76. The smallest absolute Gasteiger partial charge is 0.226 e. The minimum atomic E-state index is -3.01. The quantitative estimate of drug-likeness (QED) is 0.904. The van der Waals surface area contributed by atoms with Crippen LogP contribution >= 0.6 is 0 Å². The van der Waals surface area contributed by atoms with E-state index in [-0.39, 0.29) is 16.9 Å². The Morgan fingerprint density at radius 3 is 2.71 bits per heavy atom. The molecule has 0 unspecified atom stereocenters. The third-order valence-electron chi connectivity index (χ3n) is 3.70. The Morgan fingerprint density at radius 2 is 2.00 bits per heavy atom. The maximum absolute atomic E-state index is 11.9. The van der Waals surface area contributed by atoms with Gasteiger partial charge in [-0.15, -0.1) is 0 Å². The van der Waals surface area contributed by atoms with Gasteiger partial charge in [-0.2, -0.15) is 0 Å². The van der Waals surface area contributed by atoms with Crippen LogP contribution in [0.2, 0.25) is 0 Å². The number of nitrogens with one attached hydrogen (secondary N) is 1. The van der Waals surface area contributed by atoms with Gasteiger partial charge in [0.05, 0.1) is 22.4 Å². The second-order valence-corrected chi connectivity index (χ2v) is 8.25. The number of carbonyl (C=O) groups is 1. The number of benzene rings is 1. The summed E-state index contributed by atoms with van der Waals surface area (Å²) in [6, 6.07) is 7.63. The Labute approximate surface area is 126 Å². The van der Waals surface area contributed by atoms with Crippen LogP contribution < -0.4 is 10.2 Å². The van der Waals surface area contributed by atoms with Gasteiger partial charge in [-0.3, -0.25) is 4.79 Å². The van der Waals surface area contributed by atoms with Crippen molar-refractivity contribution in [3.63, 3.8) is 0 Å². The van der Waals surface area contributed by atoms with Crippen LogP contribution in [0, 0.1) is 0 Å². The molecule has 0 aromatic heterocycles. The molecule has 21 heavy (non-hydrogen) atoms. The molecule has 1 aliphatic heterocycles. The molecule has 1 aromatic carbocycles. The van der Waals surface area contributed by atoms with Crippen LogP contribution in [-0.4, -0.2) is 38.4 Å². The lowest BCUT2D eigenvalue weighted by Crippen LogP contribution is -2.28. The minimum Gasteiger partial charge on any atom is -0.369 e. The van der Waals surface area contributed by atoms with E-state index in [9.17, 15) is 13.2 Å². The van der Waals surface area contributed by atoms with E-state index >= 15 is 0 Å². The Morgan fingerprint density at radius 1 is 1.29 bits per heavy atom. The number of anilines is 2. The monoisotopic (exact) mass is 310 g/mol. The van der Waals surface area contributed by atoms with E-state index in [1.54, 1.807) is 13.8 Å². The molecule has 0 saturated carbocycles. The number of para-hydroxylation sites is 2. The van der Waals surface area contributed by atoms with Gasteiger partial charge in [0.25, 0.3) is 0 Å². The van der Waals surface area contributed by atoms with Crippen LogP contribution in [0.25, 0.3) is 0 Å². The topological polar surface area (TPSA) is 66.5 Å². The summed E-state index contributed by atoms with van der Waals surface area (Å²) >= 11 is 0. The number of rotatable bonds is 5. The van der Waals surface area contributed by atoms with Gasteiger partial charge in [0.1, 0.15) is 0 Å². The zero-order valence-electron chi connectivity index (χ0n) is 12.5. The molecule has 0 aliphatic carbocycles. The van der Waals surface area contributed by atoms with E-state index in [4.69, 9.17) is 0 Å². The largest absolute Gasteiger partial charge is 0.369 e. The highest BCUT2D eigenvalue weighted by Crippen LogP contribution is 2.28. The molecule has 0 atom stereocenters. The first-order valence-electron chi connectivity index (χ1n) is 7.25. The molecule has 116 valence electrons. The molecule has 0 spiro atoms. The number of hydrogen-bond donors (Lipinski definition) is 1. The van der Waals surface area contributed by atoms with Gasteiger partial charge < -0.3 is 10.2 Å². The predicted octanol–water partition coefficient (Wildman–Crippen LogP) is 2.05. The highest BCUT2D eigenvalue weighted by Gasteiger charge is 2.20. The lowest BCUT2D eigenvalue weighted by molar-refractivity contribution is -0.115. The number of nitrogens with zero attached hydrogens (tertiary/aromatic N) is 1. The first-order valence-corrected chi connectivity index (χ1v) is 8.97. The van der Waals surface area contributed by atoms with Crippen LogP contribution in [0.5, 0.6) is 0 Å². The summed E-state index contributed by atoms with van der Waals surface area (Å²) in [7, 11) is -3.01. The van der Waals surface area contributed by atoms with E-state index in [2.05, 4.69) is 10.2 Å². The van der Waals surface area contributed by atoms with Crippen LogP contribution in [0.3, 0.4) is 0 Å². The van der Waals surface area contributed by atoms with E-state index in [0.717, 1.165) is 11.4 Å². The van der Waals surface area contributed by atoms with Gasteiger partial charge in [0.15, 0.2) is 9.84 Å². The average Bonchev–Trinajstić information content (AvgIpc) is 2.58. The molecule has 1 heterocycles. The number of hydrogen-bond acceptors (Lipinski definition) is 4. The summed E-state index contributed by atoms with van der Waals surface area (Å²) in [5.74, 6) is 0.185. The van der Waals surface area contributed by atoms with E-state index in [0.29, 0.717) is 25.9 Å². The highest BCUT2D eigenvalue weighted by molar-refractivity contribution is 7.91. The summed E-state index contributed by atoms with van der Waals surface area (Å²) in [6.07, 6.45) is 0.995. The predicted molar refractivity (Wildman–Crippen MR) is 85.4 cm³/mol. The van der Waals surface area contributed by atoms with Crippen molar-refractivity contribution in [2.24, 2.45) is 0 Å². The number of amides is 1. The second-order valence-electron chi connectivity index (χ2n) is 5.57. The van der Waals surface area contributed by atoms with Crippen molar-refractivity contribution in [1.29, 1.82) is 0 Å². The molecule has 0 fully saturated rings. The normalized spacial score (nSPS) is 15.6. The molecule has 1 aliphatic rings. The fourth-order valence-electron chi connectivity index (χ4n) is 2.35. The fourth-order valence-corrected chi connectivity index (χ4v) is 3.35. The molecule has 5 nitrogen and oxygen atoms in total. The molecule has 0 bridgehead atoms. The number of fused-ring (bicyclic) bond motifs is 1. The molecule has 0 saturated heterocycles. The average molecular weight is 310 g/mol. The van der Waals surface area contributed by atoms with Crippen molar-refractivity contribution in [2.45, 2.75) is 31.9 Å². The number of sulfone groups is 1. The third-order valence-corrected chi connectivity index (χ3v) is 6.00. The molecule has 0 radical (unpaired) electrons. The van der Waals surface area contributed by atoms with Gasteiger partial charge in [0.2, 0.25) is 5.91 Å². The maximum Gasteiger partial charge on any atom is 0.226 e. The molecule has 6 heteroatoms. The van der Waals surface area contributed by atoms with Crippen LogP contribution in [-0.2, 0) is 14.6 Å². The third kappa shape index (κ3) is 3.97. The SMILES string of the molecule is CC(C)S(=O)(=O)CCCN1CCC(=O)Nc2ccccc21. The zero-order valence-corrected chi connectivity index (χ0v) is 13.3. The van der Waals surface area contributed by atoms with Gasteiger partial charge in [-0.05, 0) is 32.4 Å². The van der Waals surface area contributed by atoms with Crippen LogP contribution in [0.4, 0.5) is 11.4 Å². The van der Waals surface area contributed by atoms with Crippen molar-refractivity contribution in [2.75, 3.05) is 29.1 Å². The molecule has 1 aromatic rings. The van der Waals surface area contributed by atoms with E-state index in [1.807, 2.05) is 24.3 Å². The van der Waals surface area contributed by atoms with Crippen molar-refractivity contribution in [3.8, 4) is 0 Å². The van der Waals surface area contributed by atoms with Crippen molar-refractivity contribution >= 4 is 27.1 Å². The van der Waals surface area contributed by atoms with Gasteiger partial charge in [0, 0.05) is 19.5 Å². The Bertz CT molecular complexity index is 611. The molecular weight excluding hydrogens is 288 g/mol. The standard InChI is InChI=1S/C15H22N2O3S/c1-12(2)21(19,20)11-5-9-17-10-8-15(18)16-13-6-3-4-7-14(13)17/h3-4,6-7,12H,5,8-11H2,1-2H3,(H,16,18). The summed E-state index contributed by atoms with van der Waals surface area (Å²) in [6.45, 7) is 4.67. The summed E-state index contributed by atoms with van der Waals surface area (Å²) < 4.78 is 23.7. The highest BCUT2D eigenvalue weighted by atomic mass is 32.2. The Balaban J connectivity index is 2.05.